The summed E-state index contributed by atoms with van der Waals surface area (Å²) in [5.41, 5.74) is 0.716. The minimum absolute atomic E-state index is 0.199. The number of aliphatic hydroxyl groups is 1. The first-order valence-corrected chi connectivity index (χ1v) is 7.38. The summed E-state index contributed by atoms with van der Waals surface area (Å²) >= 11 is 0. The van der Waals surface area contributed by atoms with Gasteiger partial charge in [-0.15, -0.1) is 10.2 Å². The third-order valence-corrected chi connectivity index (χ3v) is 3.80. The van der Waals surface area contributed by atoms with Gasteiger partial charge in [0.25, 0.3) is 0 Å². The molecular weight excluding hydrogens is 287 g/mol. The molecule has 1 aromatic heterocycles. The number of β-amino-alcohol motifs (C(OH)–C–C–N with tert-alkyl or cyclic N) is 1. The molecule has 2 aromatic rings. The summed E-state index contributed by atoms with van der Waals surface area (Å²) in [6.07, 6.45) is 0. The first kappa shape index (κ1) is 15.1. The molecule has 0 spiro atoms. The lowest BCUT2D eigenvalue weighted by atomic mass is 10.2. The van der Waals surface area contributed by atoms with Crippen molar-refractivity contribution in [1.29, 1.82) is 0 Å². The summed E-state index contributed by atoms with van der Waals surface area (Å²) in [6, 6.07) is 6.00. The predicted octanol–water partition coefficient (Wildman–Crippen LogP) is 0.986. The summed E-state index contributed by atoms with van der Waals surface area (Å²) < 4.78 is 18.6. The normalized spacial score (nSPS) is 17.0. The number of nitrogens with zero attached hydrogens (tertiary/aromatic N) is 4. The highest BCUT2D eigenvalue weighted by atomic mass is 19.1. The van der Waals surface area contributed by atoms with Crippen LogP contribution in [0.2, 0.25) is 0 Å². The molecule has 0 amide bonds. The van der Waals surface area contributed by atoms with E-state index in [4.69, 9.17) is 9.52 Å². The number of hydrogen-bond acceptors (Lipinski definition) is 6. The largest absolute Gasteiger partial charge is 0.419 e. The lowest BCUT2D eigenvalue weighted by molar-refractivity contribution is 0.103. The van der Waals surface area contributed by atoms with Crippen LogP contribution >= 0.6 is 0 Å². The Kier molecular flexibility index (Phi) is 4.77. The molecule has 0 aliphatic carbocycles. The molecule has 0 radical (unpaired) electrons. The number of halogens is 1. The highest BCUT2D eigenvalue weighted by molar-refractivity contribution is 5.51. The summed E-state index contributed by atoms with van der Waals surface area (Å²) in [4.78, 5) is 4.48. The third-order valence-electron chi connectivity index (χ3n) is 3.80. The van der Waals surface area contributed by atoms with Gasteiger partial charge in [0.15, 0.2) is 0 Å². The molecule has 6 nitrogen and oxygen atoms in total. The number of piperazine rings is 1. The van der Waals surface area contributed by atoms with Crippen LogP contribution in [0.4, 0.5) is 4.39 Å². The van der Waals surface area contributed by atoms with Gasteiger partial charge in [-0.3, -0.25) is 9.80 Å². The molecule has 1 aliphatic rings. The Hall–Kier alpha value is -1.83. The number of rotatable bonds is 5. The quantitative estimate of drug-likeness (QED) is 0.888. The minimum Gasteiger partial charge on any atom is -0.419 e. The van der Waals surface area contributed by atoms with Crippen LogP contribution in [0.25, 0.3) is 11.5 Å². The molecule has 2 heterocycles. The maximum absolute atomic E-state index is 12.9. The van der Waals surface area contributed by atoms with Crippen molar-refractivity contribution >= 4 is 0 Å². The molecule has 1 saturated heterocycles. The van der Waals surface area contributed by atoms with Gasteiger partial charge in [0, 0.05) is 38.3 Å². The molecule has 7 heteroatoms. The Morgan fingerprint density at radius 3 is 2.41 bits per heavy atom. The van der Waals surface area contributed by atoms with Gasteiger partial charge in [-0.1, -0.05) is 0 Å². The fraction of sp³-hybridized carbons (Fsp3) is 0.467. The molecule has 0 saturated carbocycles. The Morgan fingerprint density at radius 2 is 1.73 bits per heavy atom. The predicted molar refractivity (Wildman–Crippen MR) is 78.5 cm³/mol. The fourth-order valence-electron chi connectivity index (χ4n) is 2.53. The van der Waals surface area contributed by atoms with Gasteiger partial charge >= 0.3 is 0 Å². The van der Waals surface area contributed by atoms with Crippen molar-refractivity contribution in [1.82, 2.24) is 20.0 Å². The van der Waals surface area contributed by atoms with Gasteiger partial charge in [-0.2, -0.15) is 0 Å². The zero-order chi connectivity index (χ0) is 15.4. The van der Waals surface area contributed by atoms with E-state index in [1.165, 1.54) is 12.1 Å². The second-order valence-corrected chi connectivity index (χ2v) is 5.35. The van der Waals surface area contributed by atoms with Crippen LogP contribution < -0.4 is 0 Å². The number of hydrogen-bond donors (Lipinski definition) is 1. The van der Waals surface area contributed by atoms with Crippen LogP contribution in [0.5, 0.6) is 0 Å². The van der Waals surface area contributed by atoms with Gasteiger partial charge in [0.1, 0.15) is 5.82 Å². The van der Waals surface area contributed by atoms with Gasteiger partial charge in [-0.25, -0.2) is 4.39 Å². The first-order chi connectivity index (χ1) is 10.7. The average molecular weight is 306 g/mol. The maximum Gasteiger partial charge on any atom is 0.247 e. The Morgan fingerprint density at radius 1 is 1.05 bits per heavy atom. The van der Waals surface area contributed by atoms with Crippen molar-refractivity contribution in [3.63, 3.8) is 0 Å². The molecule has 1 aliphatic heterocycles. The molecule has 1 aromatic carbocycles. The van der Waals surface area contributed by atoms with E-state index in [1.54, 1.807) is 12.1 Å². The van der Waals surface area contributed by atoms with Gasteiger partial charge in [-0.05, 0) is 24.3 Å². The van der Waals surface area contributed by atoms with Crippen molar-refractivity contribution in [3.05, 3.63) is 36.0 Å². The van der Waals surface area contributed by atoms with E-state index >= 15 is 0 Å². The Bertz CT molecular complexity index is 594. The van der Waals surface area contributed by atoms with E-state index in [0.717, 1.165) is 32.7 Å². The molecule has 3 rings (SSSR count). The van der Waals surface area contributed by atoms with E-state index in [9.17, 15) is 4.39 Å². The number of aliphatic hydroxyl groups excluding tert-OH is 1. The summed E-state index contributed by atoms with van der Waals surface area (Å²) in [5, 5.41) is 17.0. The van der Waals surface area contributed by atoms with Crippen molar-refractivity contribution in [2.24, 2.45) is 0 Å². The molecule has 0 atom stereocenters. The molecule has 118 valence electrons. The van der Waals surface area contributed by atoms with E-state index in [-0.39, 0.29) is 12.4 Å². The molecule has 0 unspecified atom stereocenters. The minimum atomic E-state index is -0.288. The molecule has 1 fully saturated rings. The third kappa shape index (κ3) is 3.68. The smallest absolute Gasteiger partial charge is 0.247 e. The average Bonchev–Trinajstić information content (AvgIpc) is 2.99. The second kappa shape index (κ2) is 6.95. The van der Waals surface area contributed by atoms with Crippen LogP contribution in [0.1, 0.15) is 5.89 Å². The standard InChI is InChI=1S/C15H19FN4O2/c16-13-3-1-12(2-4-13)15-18-17-14(22-15)11-20-7-5-19(6-8-20)9-10-21/h1-4,21H,5-11H2. The Labute approximate surface area is 128 Å². The van der Waals surface area contributed by atoms with Crippen molar-refractivity contribution in [2.75, 3.05) is 39.3 Å². The molecule has 1 N–H and O–H groups in total. The highest BCUT2D eigenvalue weighted by Crippen LogP contribution is 2.19. The van der Waals surface area contributed by atoms with Crippen LogP contribution in [-0.2, 0) is 6.54 Å². The van der Waals surface area contributed by atoms with E-state index in [2.05, 4.69) is 20.0 Å². The Balaban J connectivity index is 1.57. The van der Waals surface area contributed by atoms with Crippen LogP contribution in [0.3, 0.4) is 0 Å². The summed E-state index contributed by atoms with van der Waals surface area (Å²) in [7, 11) is 0. The molecule has 0 bridgehead atoms. The van der Waals surface area contributed by atoms with Crippen LogP contribution in [-0.4, -0.2) is 64.4 Å². The van der Waals surface area contributed by atoms with Gasteiger partial charge < -0.3 is 9.52 Å². The number of aromatic nitrogens is 2. The second-order valence-electron chi connectivity index (χ2n) is 5.35. The zero-order valence-corrected chi connectivity index (χ0v) is 12.3. The van der Waals surface area contributed by atoms with Crippen LogP contribution in [0.15, 0.2) is 28.7 Å². The van der Waals surface area contributed by atoms with Crippen molar-refractivity contribution < 1.29 is 13.9 Å². The van der Waals surface area contributed by atoms with Crippen LogP contribution in [0, 0.1) is 5.82 Å². The molecular formula is C15H19FN4O2. The fourth-order valence-corrected chi connectivity index (χ4v) is 2.53. The van der Waals surface area contributed by atoms with Crippen molar-refractivity contribution in [2.45, 2.75) is 6.54 Å². The van der Waals surface area contributed by atoms with E-state index in [1.807, 2.05) is 0 Å². The monoisotopic (exact) mass is 306 g/mol. The van der Waals surface area contributed by atoms with E-state index < -0.39 is 0 Å². The topological polar surface area (TPSA) is 65.6 Å². The number of benzene rings is 1. The van der Waals surface area contributed by atoms with E-state index in [0.29, 0.717) is 23.9 Å². The van der Waals surface area contributed by atoms with Gasteiger partial charge in [0.05, 0.1) is 13.2 Å². The lowest BCUT2D eigenvalue weighted by Crippen LogP contribution is -2.46. The molecule has 22 heavy (non-hydrogen) atoms. The summed E-state index contributed by atoms with van der Waals surface area (Å²) in [6.45, 7) is 5.22. The first-order valence-electron chi connectivity index (χ1n) is 7.38. The zero-order valence-electron chi connectivity index (χ0n) is 12.3. The highest BCUT2D eigenvalue weighted by Gasteiger charge is 2.18. The maximum atomic E-state index is 12.9. The van der Waals surface area contributed by atoms with Gasteiger partial charge in [0.2, 0.25) is 11.8 Å². The summed E-state index contributed by atoms with van der Waals surface area (Å²) in [5.74, 6) is 0.688. The SMILES string of the molecule is OCCN1CCN(Cc2nnc(-c3ccc(F)cc3)o2)CC1. The lowest BCUT2D eigenvalue weighted by Gasteiger charge is -2.33. The van der Waals surface area contributed by atoms with Crippen molar-refractivity contribution in [3.8, 4) is 11.5 Å².